The van der Waals surface area contributed by atoms with Gasteiger partial charge in [-0.05, 0) is 24.6 Å². The number of amides is 1. The van der Waals surface area contributed by atoms with Crippen LogP contribution in [-0.2, 0) is 9.53 Å². The van der Waals surface area contributed by atoms with E-state index in [1.807, 2.05) is 0 Å². The molecule has 1 saturated heterocycles. The molecule has 1 atom stereocenters. The number of pyridine rings is 1. The fraction of sp³-hybridized carbons (Fsp3) is 0.417. The van der Waals surface area contributed by atoms with Crippen molar-refractivity contribution in [3.8, 4) is 0 Å². The summed E-state index contributed by atoms with van der Waals surface area (Å²) in [6.45, 7) is 1.02. The zero-order chi connectivity index (χ0) is 13.1. The third-order valence-electron chi connectivity index (χ3n) is 2.94. The van der Waals surface area contributed by atoms with E-state index in [1.54, 1.807) is 23.1 Å². The summed E-state index contributed by atoms with van der Waals surface area (Å²) in [6.07, 6.45) is 0.431. The van der Waals surface area contributed by atoms with E-state index < -0.39 is 5.97 Å². The Balaban J connectivity index is 2.24. The Labute approximate surface area is 105 Å². The highest BCUT2D eigenvalue weighted by Crippen LogP contribution is 2.23. The summed E-state index contributed by atoms with van der Waals surface area (Å²) in [5.74, 6) is 0.0961. The Morgan fingerprint density at radius 3 is 3.00 bits per heavy atom. The third-order valence-corrected chi connectivity index (χ3v) is 2.94. The minimum atomic E-state index is -0.515. The number of carbonyl (C=O) groups is 2. The molecule has 0 aliphatic carbocycles. The fourth-order valence-corrected chi connectivity index (χ4v) is 1.95. The lowest BCUT2D eigenvalue weighted by molar-refractivity contribution is -0.117. The van der Waals surface area contributed by atoms with Crippen molar-refractivity contribution in [3.63, 3.8) is 0 Å². The number of hydrogen-bond acceptors (Lipinski definition) is 5. The van der Waals surface area contributed by atoms with E-state index in [4.69, 9.17) is 5.73 Å². The monoisotopic (exact) mass is 249 g/mol. The second-order valence-electron chi connectivity index (χ2n) is 4.18. The first-order chi connectivity index (χ1) is 8.65. The zero-order valence-electron chi connectivity index (χ0n) is 10.1. The van der Waals surface area contributed by atoms with Gasteiger partial charge in [-0.3, -0.25) is 9.69 Å². The van der Waals surface area contributed by atoms with Gasteiger partial charge in [0.2, 0.25) is 5.91 Å². The molecule has 6 nitrogen and oxygen atoms in total. The Morgan fingerprint density at radius 1 is 1.61 bits per heavy atom. The van der Waals surface area contributed by atoms with Crippen molar-refractivity contribution >= 4 is 17.7 Å². The molecule has 0 radical (unpaired) electrons. The molecule has 0 bridgehead atoms. The summed E-state index contributed by atoms with van der Waals surface area (Å²) in [6, 6.07) is 4.93. The van der Waals surface area contributed by atoms with Gasteiger partial charge >= 0.3 is 5.97 Å². The van der Waals surface area contributed by atoms with Crippen molar-refractivity contribution in [1.29, 1.82) is 0 Å². The summed E-state index contributed by atoms with van der Waals surface area (Å²) in [7, 11) is 1.29. The van der Waals surface area contributed by atoms with E-state index in [9.17, 15) is 9.59 Å². The highest BCUT2D eigenvalue weighted by atomic mass is 16.5. The number of carbonyl (C=O) groups excluding carboxylic acids is 2. The molecule has 1 unspecified atom stereocenters. The molecule has 0 spiro atoms. The number of rotatable bonds is 3. The molecule has 1 aromatic heterocycles. The average Bonchev–Trinajstić information content (AvgIpc) is 2.79. The number of nitrogens with zero attached hydrogens (tertiary/aromatic N) is 2. The van der Waals surface area contributed by atoms with Crippen molar-refractivity contribution in [1.82, 2.24) is 4.98 Å². The van der Waals surface area contributed by atoms with E-state index >= 15 is 0 Å². The maximum atomic E-state index is 11.8. The first-order valence-electron chi connectivity index (χ1n) is 5.71. The fourth-order valence-electron chi connectivity index (χ4n) is 1.95. The van der Waals surface area contributed by atoms with Crippen LogP contribution in [0.25, 0.3) is 0 Å². The lowest BCUT2D eigenvalue weighted by Gasteiger charge is -2.15. The minimum Gasteiger partial charge on any atom is -0.464 e. The smallest absolute Gasteiger partial charge is 0.356 e. The molecule has 2 heterocycles. The predicted octanol–water partition coefficient (Wildman–Crippen LogP) is 0.180. The van der Waals surface area contributed by atoms with Crippen molar-refractivity contribution in [3.05, 3.63) is 23.9 Å². The van der Waals surface area contributed by atoms with Gasteiger partial charge in [0.05, 0.1) is 7.11 Å². The van der Waals surface area contributed by atoms with Crippen LogP contribution in [0.3, 0.4) is 0 Å². The van der Waals surface area contributed by atoms with Gasteiger partial charge in [-0.25, -0.2) is 9.78 Å². The van der Waals surface area contributed by atoms with E-state index in [0.29, 0.717) is 25.3 Å². The number of hydrogen-bond donors (Lipinski definition) is 1. The van der Waals surface area contributed by atoms with Crippen LogP contribution in [0, 0.1) is 5.92 Å². The molecule has 1 amide bonds. The molecule has 1 aromatic rings. The number of methoxy groups -OCH3 is 1. The average molecular weight is 249 g/mol. The van der Waals surface area contributed by atoms with Crippen molar-refractivity contribution in [2.24, 2.45) is 11.7 Å². The molecule has 0 saturated carbocycles. The quantitative estimate of drug-likeness (QED) is 0.772. The topological polar surface area (TPSA) is 85.5 Å². The van der Waals surface area contributed by atoms with Crippen LogP contribution in [0.2, 0.25) is 0 Å². The number of aromatic nitrogens is 1. The van der Waals surface area contributed by atoms with Gasteiger partial charge in [0.25, 0.3) is 0 Å². The van der Waals surface area contributed by atoms with Crippen molar-refractivity contribution in [2.75, 3.05) is 25.1 Å². The molecule has 1 aliphatic rings. The number of ether oxygens (including phenoxy) is 1. The van der Waals surface area contributed by atoms with E-state index in [-0.39, 0.29) is 17.5 Å². The second kappa shape index (κ2) is 5.14. The van der Waals surface area contributed by atoms with Crippen LogP contribution in [0.15, 0.2) is 18.2 Å². The maximum absolute atomic E-state index is 11.8. The molecular formula is C12H15N3O3. The van der Waals surface area contributed by atoms with Crippen LogP contribution >= 0.6 is 0 Å². The van der Waals surface area contributed by atoms with Crippen LogP contribution in [0.1, 0.15) is 16.9 Å². The predicted molar refractivity (Wildman–Crippen MR) is 65.1 cm³/mol. The highest BCUT2D eigenvalue weighted by molar-refractivity contribution is 5.95. The molecule has 96 valence electrons. The van der Waals surface area contributed by atoms with Crippen LogP contribution < -0.4 is 10.6 Å². The molecule has 2 rings (SSSR count). The Hall–Kier alpha value is -1.95. The molecule has 18 heavy (non-hydrogen) atoms. The largest absolute Gasteiger partial charge is 0.464 e. The first kappa shape index (κ1) is 12.5. The Bertz CT molecular complexity index is 475. The summed E-state index contributed by atoms with van der Waals surface area (Å²) in [5.41, 5.74) is 5.76. The van der Waals surface area contributed by atoms with E-state index in [2.05, 4.69) is 9.72 Å². The molecule has 2 N–H and O–H groups in total. The van der Waals surface area contributed by atoms with Gasteiger partial charge < -0.3 is 10.5 Å². The van der Waals surface area contributed by atoms with E-state index in [1.165, 1.54) is 7.11 Å². The maximum Gasteiger partial charge on any atom is 0.356 e. The molecule has 1 aliphatic heterocycles. The lowest BCUT2D eigenvalue weighted by atomic mass is 10.1. The number of nitrogens with two attached hydrogens (primary N) is 1. The molecule has 1 fully saturated rings. The van der Waals surface area contributed by atoms with Gasteiger partial charge in [-0.2, -0.15) is 0 Å². The van der Waals surface area contributed by atoms with Gasteiger partial charge in [-0.1, -0.05) is 6.07 Å². The van der Waals surface area contributed by atoms with Gasteiger partial charge in [0.1, 0.15) is 5.82 Å². The summed E-state index contributed by atoms with van der Waals surface area (Å²) in [4.78, 5) is 28.9. The highest BCUT2D eigenvalue weighted by Gasteiger charge is 2.30. The Morgan fingerprint density at radius 2 is 2.39 bits per heavy atom. The molecular weight excluding hydrogens is 234 g/mol. The van der Waals surface area contributed by atoms with Gasteiger partial charge in [0, 0.05) is 13.0 Å². The van der Waals surface area contributed by atoms with E-state index in [0.717, 1.165) is 0 Å². The first-order valence-corrected chi connectivity index (χ1v) is 5.71. The third kappa shape index (κ3) is 2.33. The van der Waals surface area contributed by atoms with Crippen molar-refractivity contribution < 1.29 is 14.3 Å². The van der Waals surface area contributed by atoms with Crippen LogP contribution in [-0.4, -0.2) is 37.1 Å². The van der Waals surface area contributed by atoms with Gasteiger partial charge in [-0.15, -0.1) is 0 Å². The zero-order valence-corrected chi connectivity index (χ0v) is 10.1. The minimum absolute atomic E-state index is 0.0139. The summed E-state index contributed by atoms with van der Waals surface area (Å²) < 4.78 is 4.60. The number of anilines is 1. The standard InChI is InChI=1S/C12H15N3O3/c1-18-12(17)9-3-2-4-10(14-9)15-7-8(6-13)5-11(15)16/h2-4,8H,5-7,13H2,1H3. The summed E-state index contributed by atoms with van der Waals surface area (Å²) >= 11 is 0. The molecule has 6 heteroatoms. The van der Waals surface area contributed by atoms with Crippen molar-refractivity contribution in [2.45, 2.75) is 6.42 Å². The lowest BCUT2D eigenvalue weighted by Crippen LogP contribution is -2.27. The summed E-state index contributed by atoms with van der Waals surface area (Å²) in [5, 5.41) is 0. The van der Waals surface area contributed by atoms with Crippen LogP contribution in [0.4, 0.5) is 5.82 Å². The van der Waals surface area contributed by atoms with Crippen LogP contribution in [0.5, 0.6) is 0 Å². The molecule has 0 aromatic carbocycles. The Kier molecular flexibility index (Phi) is 3.57. The normalized spacial score (nSPS) is 19.1. The SMILES string of the molecule is COC(=O)c1cccc(N2CC(CN)CC2=O)n1. The number of esters is 1. The van der Waals surface area contributed by atoms with Gasteiger partial charge in [0.15, 0.2) is 5.69 Å². The second-order valence-corrected chi connectivity index (χ2v) is 4.18.